The van der Waals surface area contributed by atoms with Gasteiger partial charge in [0.15, 0.2) is 0 Å². The molecule has 1 amide bonds. The number of phenolic OH excluding ortho intramolecular Hbond substituents is 1. The normalized spacial score (nSPS) is 11.2. The van der Waals surface area contributed by atoms with E-state index in [-0.39, 0.29) is 11.3 Å². The Hall–Kier alpha value is -2.62. The summed E-state index contributed by atoms with van der Waals surface area (Å²) in [4.78, 5) is 12.0. The molecule has 21 heavy (non-hydrogen) atoms. The summed E-state index contributed by atoms with van der Waals surface area (Å²) in [7, 11) is 0. The van der Waals surface area contributed by atoms with Gasteiger partial charge in [-0.1, -0.05) is 55.8 Å². The van der Waals surface area contributed by atoms with E-state index in [2.05, 4.69) is 17.5 Å². The maximum absolute atomic E-state index is 12.0. The third kappa shape index (κ3) is 3.92. The summed E-state index contributed by atoms with van der Waals surface area (Å²) >= 11 is 0. The molecule has 0 bridgehead atoms. The molecule has 4 nitrogen and oxygen atoms in total. The van der Waals surface area contributed by atoms with Crippen molar-refractivity contribution < 1.29 is 9.90 Å². The van der Waals surface area contributed by atoms with Gasteiger partial charge < -0.3 is 5.11 Å². The quantitative estimate of drug-likeness (QED) is 0.652. The van der Waals surface area contributed by atoms with Crippen LogP contribution in [0.4, 0.5) is 0 Å². The van der Waals surface area contributed by atoms with Crippen LogP contribution in [0.5, 0.6) is 5.75 Å². The minimum Gasteiger partial charge on any atom is -0.507 e. The highest BCUT2D eigenvalue weighted by atomic mass is 16.3. The number of amides is 1. The first-order chi connectivity index (χ1) is 10.2. The fourth-order valence-electron chi connectivity index (χ4n) is 1.98. The molecule has 2 rings (SSSR count). The number of hydrogen-bond acceptors (Lipinski definition) is 3. The van der Waals surface area contributed by atoms with E-state index < -0.39 is 5.91 Å². The van der Waals surface area contributed by atoms with Crippen LogP contribution in [-0.4, -0.2) is 16.7 Å². The van der Waals surface area contributed by atoms with Crippen molar-refractivity contribution in [1.82, 2.24) is 5.43 Å². The Morgan fingerprint density at radius 3 is 2.43 bits per heavy atom. The Kier molecular flexibility index (Phi) is 5.10. The number of para-hydroxylation sites is 1. The number of hydrazone groups is 1. The number of nitrogens with zero attached hydrogens (tertiary/aromatic N) is 1. The number of rotatable bonds is 5. The fourth-order valence-corrected chi connectivity index (χ4v) is 1.98. The van der Waals surface area contributed by atoms with Gasteiger partial charge in [-0.05, 0) is 24.1 Å². The monoisotopic (exact) mass is 282 g/mol. The zero-order valence-electron chi connectivity index (χ0n) is 11.9. The Balaban J connectivity index is 2.17. The molecule has 0 atom stereocenters. The molecule has 0 aliphatic carbocycles. The van der Waals surface area contributed by atoms with E-state index in [1.165, 1.54) is 6.07 Å². The minimum atomic E-state index is -0.419. The molecule has 0 unspecified atom stereocenters. The van der Waals surface area contributed by atoms with Crippen LogP contribution in [-0.2, 0) is 0 Å². The van der Waals surface area contributed by atoms with Gasteiger partial charge in [0.1, 0.15) is 5.75 Å². The molecule has 2 aromatic rings. The van der Waals surface area contributed by atoms with E-state index in [0.29, 0.717) is 0 Å². The molecular weight excluding hydrogens is 264 g/mol. The summed E-state index contributed by atoms with van der Waals surface area (Å²) in [5, 5.41) is 13.9. The Bertz CT molecular complexity index is 636. The lowest BCUT2D eigenvalue weighted by Crippen LogP contribution is -2.20. The number of hydrogen-bond donors (Lipinski definition) is 2. The summed E-state index contributed by atoms with van der Waals surface area (Å²) < 4.78 is 0. The Labute approximate surface area is 124 Å². The summed E-state index contributed by atoms with van der Waals surface area (Å²) in [6, 6.07) is 16.1. The van der Waals surface area contributed by atoms with Crippen LogP contribution in [0.15, 0.2) is 59.7 Å². The Morgan fingerprint density at radius 1 is 1.10 bits per heavy atom. The van der Waals surface area contributed by atoms with E-state index in [1.807, 2.05) is 30.3 Å². The molecule has 0 saturated carbocycles. The third-order valence-corrected chi connectivity index (χ3v) is 3.03. The number of carbonyl (C=O) groups is 1. The first kappa shape index (κ1) is 14.8. The van der Waals surface area contributed by atoms with Gasteiger partial charge in [-0.3, -0.25) is 4.79 Å². The molecule has 0 fully saturated rings. The zero-order valence-corrected chi connectivity index (χ0v) is 11.9. The smallest absolute Gasteiger partial charge is 0.275 e. The van der Waals surface area contributed by atoms with Crippen molar-refractivity contribution >= 4 is 11.6 Å². The molecule has 0 aliphatic heterocycles. The van der Waals surface area contributed by atoms with Crippen LogP contribution in [0.25, 0.3) is 0 Å². The summed E-state index contributed by atoms with van der Waals surface area (Å²) in [5.41, 5.74) is 4.53. The molecule has 108 valence electrons. The van der Waals surface area contributed by atoms with Crippen LogP contribution in [0, 0.1) is 0 Å². The van der Waals surface area contributed by atoms with E-state index in [1.54, 1.807) is 18.2 Å². The predicted molar refractivity (Wildman–Crippen MR) is 83.5 cm³/mol. The Morgan fingerprint density at radius 2 is 1.76 bits per heavy atom. The van der Waals surface area contributed by atoms with Crippen LogP contribution in [0.1, 0.15) is 35.7 Å². The lowest BCUT2D eigenvalue weighted by molar-refractivity contribution is 0.0952. The number of nitrogens with one attached hydrogen (secondary N) is 1. The van der Waals surface area contributed by atoms with Crippen molar-refractivity contribution in [2.75, 3.05) is 0 Å². The number of carbonyl (C=O) groups excluding carboxylic acids is 1. The minimum absolute atomic E-state index is 0.0537. The maximum Gasteiger partial charge on any atom is 0.275 e. The van der Waals surface area contributed by atoms with E-state index >= 15 is 0 Å². The van der Waals surface area contributed by atoms with Crippen molar-refractivity contribution in [3.05, 3.63) is 65.7 Å². The number of benzene rings is 2. The highest BCUT2D eigenvalue weighted by Gasteiger charge is 2.10. The van der Waals surface area contributed by atoms with E-state index in [4.69, 9.17) is 0 Å². The van der Waals surface area contributed by atoms with Crippen LogP contribution < -0.4 is 5.43 Å². The van der Waals surface area contributed by atoms with E-state index in [9.17, 15) is 9.90 Å². The molecule has 0 saturated heterocycles. The third-order valence-electron chi connectivity index (χ3n) is 3.03. The van der Waals surface area contributed by atoms with Gasteiger partial charge in [-0.2, -0.15) is 5.10 Å². The molecule has 0 spiro atoms. The number of phenols is 1. The molecule has 0 aliphatic rings. The lowest BCUT2D eigenvalue weighted by atomic mass is 10.1. The molecule has 0 radical (unpaired) electrons. The average molecular weight is 282 g/mol. The average Bonchev–Trinajstić information content (AvgIpc) is 2.52. The first-order valence-electron chi connectivity index (χ1n) is 6.92. The second-order valence-electron chi connectivity index (χ2n) is 4.63. The fraction of sp³-hybridized carbons (Fsp3) is 0.176. The van der Waals surface area contributed by atoms with Gasteiger partial charge in [-0.15, -0.1) is 0 Å². The molecule has 4 heteroatoms. The van der Waals surface area contributed by atoms with Gasteiger partial charge in [0.25, 0.3) is 5.91 Å². The first-order valence-corrected chi connectivity index (χ1v) is 6.92. The van der Waals surface area contributed by atoms with Crippen molar-refractivity contribution in [2.45, 2.75) is 19.8 Å². The topological polar surface area (TPSA) is 61.7 Å². The van der Waals surface area contributed by atoms with Crippen molar-refractivity contribution in [2.24, 2.45) is 5.10 Å². The molecule has 0 heterocycles. The van der Waals surface area contributed by atoms with Crippen molar-refractivity contribution in [1.29, 1.82) is 0 Å². The van der Waals surface area contributed by atoms with Gasteiger partial charge in [0, 0.05) is 0 Å². The zero-order chi connectivity index (χ0) is 15.1. The van der Waals surface area contributed by atoms with Crippen molar-refractivity contribution in [3.63, 3.8) is 0 Å². The SMILES string of the molecule is CCC/C(=N/NC(=O)c1ccccc1O)c1ccccc1. The molecule has 0 aromatic heterocycles. The predicted octanol–water partition coefficient (Wildman–Crippen LogP) is 3.33. The number of aromatic hydroxyl groups is 1. The van der Waals surface area contributed by atoms with Gasteiger partial charge >= 0.3 is 0 Å². The largest absolute Gasteiger partial charge is 0.507 e. The van der Waals surface area contributed by atoms with E-state index in [0.717, 1.165) is 24.1 Å². The summed E-state index contributed by atoms with van der Waals surface area (Å²) in [6.45, 7) is 2.06. The lowest BCUT2D eigenvalue weighted by Gasteiger charge is -2.07. The van der Waals surface area contributed by atoms with Crippen LogP contribution in [0.3, 0.4) is 0 Å². The van der Waals surface area contributed by atoms with Crippen LogP contribution in [0.2, 0.25) is 0 Å². The summed E-state index contributed by atoms with van der Waals surface area (Å²) in [5.74, 6) is -0.473. The standard InChI is InChI=1S/C17H18N2O2/c1-2-8-15(13-9-4-3-5-10-13)18-19-17(21)14-11-6-7-12-16(14)20/h3-7,9-12,20H,2,8H2,1H3,(H,19,21)/b18-15-. The van der Waals surface area contributed by atoms with Crippen molar-refractivity contribution in [3.8, 4) is 5.75 Å². The maximum atomic E-state index is 12.0. The summed E-state index contributed by atoms with van der Waals surface area (Å²) in [6.07, 6.45) is 1.70. The van der Waals surface area contributed by atoms with Gasteiger partial charge in [0.05, 0.1) is 11.3 Å². The highest BCUT2D eigenvalue weighted by Crippen LogP contribution is 2.15. The molecule has 2 aromatic carbocycles. The second kappa shape index (κ2) is 7.24. The van der Waals surface area contributed by atoms with Gasteiger partial charge in [0.2, 0.25) is 0 Å². The highest BCUT2D eigenvalue weighted by molar-refractivity contribution is 6.02. The molecule has 2 N–H and O–H groups in total. The molecular formula is C17H18N2O2. The van der Waals surface area contributed by atoms with Gasteiger partial charge in [-0.25, -0.2) is 5.43 Å². The van der Waals surface area contributed by atoms with Crippen LogP contribution >= 0.6 is 0 Å². The second-order valence-corrected chi connectivity index (χ2v) is 4.63.